The maximum absolute atomic E-state index is 13.8. The Bertz CT molecular complexity index is 1660. The Kier molecular flexibility index (Phi) is 7.87. The van der Waals surface area contributed by atoms with Gasteiger partial charge in [0.2, 0.25) is 17.6 Å². The molecule has 15 heteroatoms. The molecule has 0 spiro atoms. The Morgan fingerprint density at radius 1 is 1.20 bits per heavy atom. The van der Waals surface area contributed by atoms with Crippen molar-refractivity contribution in [1.82, 2.24) is 29.5 Å². The van der Waals surface area contributed by atoms with Crippen molar-refractivity contribution in [2.75, 3.05) is 43.5 Å². The molecule has 11 nitrogen and oxygen atoms in total. The van der Waals surface area contributed by atoms with E-state index < -0.39 is 17.6 Å². The van der Waals surface area contributed by atoms with E-state index in [-0.39, 0.29) is 34.4 Å². The van der Waals surface area contributed by atoms with Gasteiger partial charge in [0.25, 0.3) is 5.56 Å². The van der Waals surface area contributed by atoms with Crippen molar-refractivity contribution in [2.24, 2.45) is 0 Å². The fourth-order valence-corrected chi connectivity index (χ4v) is 4.95. The van der Waals surface area contributed by atoms with Crippen LogP contribution < -0.4 is 25.8 Å². The van der Waals surface area contributed by atoms with Crippen LogP contribution >= 0.6 is 11.6 Å². The summed E-state index contributed by atoms with van der Waals surface area (Å²) >= 11 is 6.06. The molecular formula is C26H26ClF3N8O3. The molecule has 1 aliphatic heterocycles. The molecule has 1 aliphatic rings. The quantitative estimate of drug-likeness (QED) is 0.337. The second-order valence-electron chi connectivity index (χ2n) is 9.25. The van der Waals surface area contributed by atoms with E-state index in [0.29, 0.717) is 55.4 Å². The standard InChI is InChI=1S/C26H26ClF3N8O3/c1-3-19-22(36-10-8-31-9-11-36)24(40)38-25(34-23(35-38)15-6-7-32-21(12-15)41-2)37(19)14-20(39)33-18-5-4-16(13-17(18)27)26(28,29)30/h4-7,12-13,31H,3,8-11,14H2,1-2H3,(H,33,39). The summed E-state index contributed by atoms with van der Waals surface area (Å²) in [5.41, 5.74) is 0.249. The topological polar surface area (TPSA) is 119 Å². The van der Waals surface area contributed by atoms with Crippen LogP contribution in [0.1, 0.15) is 18.2 Å². The minimum absolute atomic E-state index is 0.0214. The van der Waals surface area contributed by atoms with Crippen LogP contribution in [0.15, 0.2) is 41.3 Å². The Morgan fingerprint density at radius 2 is 1.95 bits per heavy atom. The SMILES string of the molecule is CCc1c(N2CCNCC2)c(=O)n2nc(-c3ccnc(OC)c3)nc2n1CC(=O)Nc1ccc(C(F)(F)F)cc1Cl. The zero-order valence-corrected chi connectivity index (χ0v) is 22.9. The summed E-state index contributed by atoms with van der Waals surface area (Å²) in [6.45, 7) is 4.05. The molecule has 2 N–H and O–H groups in total. The molecule has 0 atom stereocenters. The summed E-state index contributed by atoms with van der Waals surface area (Å²) in [6, 6.07) is 5.99. The number of halogens is 4. The van der Waals surface area contributed by atoms with E-state index >= 15 is 0 Å². The number of hydrogen-bond donors (Lipinski definition) is 2. The highest BCUT2D eigenvalue weighted by molar-refractivity contribution is 6.33. The van der Waals surface area contributed by atoms with Crippen LogP contribution in [0, 0.1) is 0 Å². The van der Waals surface area contributed by atoms with Crippen LogP contribution in [-0.4, -0.2) is 63.3 Å². The molecule has 4 aromatic rings. The number of aromatic nitrogens is 5. The lowest BCUT2D eigenvalue weighted by atomic mass is 10.2. The molecule has 41 heavy (non-hydrogen) atoms. The average molecular weight is 591 g/mol. The van der Waals surface area contributed by atoms with E-state index in [0.717, 1.165) is 22.7 Å². The summed E-state index contributed by atoms with van der Waals surface area (Å²) in [4.78, 5) is 37.7. The number of carbonyl (C=O) groups is 1. The fraction of sp³-hybridized carbons (Fsp3) is 0.346. The summed E-state index contributed by atoms with van der Waals surface area (Å²) in [7, 11) is 1.47. The van der Waals surface area contributed by atoms with Gasteiger partial charge in [0.15, 0.2) is 5.82 Å². The highest BCUT2D eigenvalue weighted by atomic mass is 35.5. The van der Waals surface area contributed by atoms with E-state index in [1.54, 1.807) is 16.7 Å². The Morgan fingerprint density at radius 3 is 2.61 bits per heavy atom. The molecule has 1 aromatic carbocycles. The van der Waals surface area contributed by atoms with Crippen molar-refractivity contribution < 1.29 is 22.7 Å². The number of benzene rings is 1. The van der Waals surface area contributed by atoms with Crippen LogP contribution in [0.25, 0.3) is 17.2 Å². The molecule has 1 fully saturated rings. The number of rotatable bonds is 7. The van der Waals surface area contributed by atoms with E-state index in [1.165, 1.54) is 13.3 Å². The molecule has 216 valence electrons. The van der Waals surface area contributed by atoms with Crippen LogP contribution in [0.3, 0.4) is 0 Å². The highest BCUT2D eigenvalue weighted by Gasteiger charge is 2.31. The zero-order valence-electron chi connectivity index (χ0n) is 22.1. The summed E-state index contributed by atoms with van der Waals surface area (Å²) < 4.78 is 47.2. The first-order valence-electron chi connectivity index (χ1n) is 12.8. The van der Waals surface area contributed by atoms with E-state index in [1.807, 2.05) is 11.8 Å². The van der Waals surface area contributed by atoms with Crippen molar-refractivity contribution in [1.29, 1.82) is 0 Å². The Labute approximate surface area is 236 Å². The Hall–Kier alpha value is -4.17. The van der Waals surface area contributed by atoms with E-state index in [2.05, 4.69) is 25.7 Å². The molecule has 0 aliphatic carbocycles. The minimum atomic E-state index is -4.58. The maximum Gasteiger partial charge on any atom is 0.416 e. The lowest BCUT2D eigenvalue weighted by Crippen LogP contribution is -2.47. The van der Waals surface area contributed by atoms with Crippen molar-refractivity contribution in [3.05, 3.63) is 63.2 Å². The van der Waals surface area contributed by atoms with E-state index in [9.17, 15) is 22.8 Å². The number of ether oxygens (including phenoxy) is 1. The summed E-state index contributed by atoms with van der Waals surface area (Å²) in [6.07, 6.45) is -2.66. The van der Waals surface area contributed by atoms with Gasteiger partial charge in [0.1, 0.15) is 12.2 Å². The predicted molar refractivity (Wildman–Crippen MR) is 147 cm³/mol. The molecule has 0 unspecified atom stereocenters. The molecule has 0 saturated carbocycles. The number of hydrogen-bond acceptors (Lipinski definition) is 8. The van der Waals surface area contributed by atoms with Gasteiger partial charge >= 0.3 is 6.18 Å². The third-order valence-electron chi connectivity index (χ3n) is 6.67. The molecule has 0 bridgehead atoms. The molecule has 1 amide bonds. The third kappa shape index (κ3) is 5.70. The molecule has 5 rings (SSSR count). The molecule has 0 radical (unpaired) electrons. The largest absolute Gasteiger partial charge is 0.481 e. The minimum Gasteiger partial charge on any atom is -0.481 e. The monoisotopic (exact) mass is 590 g/mol. The zero-order chi connectivity index (χ0) is 29.3. The molecule has 1 saturated heterocycles. The number of piperazine rings is 1. The van der Waals surface area contributed by atoms with Crippen molar-refractivity contribution in [3.63, 3.8) is 0 Å². The number of nitrogens with zero attached hydrogens (tertiary/aromatic N) is 6. The fourth-order valence-electron chi connectivity index (χ4n) is 4.73. The predicted octanol–water partition coefficient (Wildman–Crippen LogP) is 3.24. The smallest absolute Gasteiger partial charge is 0.416 e. The van der Waals surface area contributed by atoms with Gasteiger partial charge in [-0.2, -0.15) is 22.7 Å². The first kappa shape index (κ1) is 28.4. The van der Waals surface area contributed by atoms with Crippen LogP contribution in [0.2, 0.25) is 5.02 Å². The number of fused-ring (bicyclic) bond motifs is 1. The van der Waals surface area contributed by atoms with Crippen LogP contribution in [0.4, 0.5) is 24.5 Å². The van der Waals surface area contributed by atoms with Crippen molar-refractivity contribution in [2.45, 2.75) is 26.1 Å². The third-order valence-corrected chi connectivity index (χ3v) is 6.98. The van der Waals surface area contributed by atoms with Crippen molar-refractivity contribution in [3.8, 4) is 17.3 Å². The molecule has 4 heterocycles. The van der Waals surface area contributed by atoms with Gasteiger partial charge in [-0.3, -0.25) is 9.59 Å². The molecule has 3 aromatic heterocycles. The lowest BCUT2D eigenvalue weighted by molar-refractivity contribution is -0.137. The van der Waals surface area contributed by atoms with Gasteiger partial charge in [-0.25, -0.2) is 4.98 Å². The van der Waals surface area contributed by atoms with Crippen LogP contribution in [0.5, 0.6) is 5.88 Å². The Balaban J connectivity index is 1.60. The second kappa shape index (κ2) is 11.4. The highest BCUT2D eigenvalue weighted by Crippen LogP contribution is 2.34. The van der Waals surface area contributed by atoms with Crippen LogP contribution in [-0.2, 0) is 23.9 Å². The average Bonchev–Trinajstić information content (AvgIpc) is 3.41. The normalized spacial score (nSPS) is 14.0. The number of anilines is 2. The first-order chi connectivity index (χ1) is 19.6. The lowest BCUT2D eigenvalue weighted by Gasteiger charge is -2.31. The van der Waals surface area contributed by atoms with Crippen molar-refractivity contribution >= 4 is 34.7 Å². The van der Waals surface area contributed by atoms with Gasteiger partial charge in [0.05, 0.1) is 29.1 Å². The number of nitrogens with one attached hydrogen (secondary N) is 2. The van der Waals surface area contributed by atoms with Gasteiger partial charge in [-0.05, 0) is 30.7 Å². The summed E-state index contributed by atoms with van der Waals surface area (Å²) in [5.74, 6) is 0.112. The van der Waals surface area contributed by atoms with Gasteiger partial charge < -0.3 is 24.8 Å². The number of amides is 1. The number of pyridine rings is 1. The number of methoxy groups -OCH3 is 1. The van der Waals surface area contributed by atoms with Gasteiger partial charge in [-0.15, -0.1) is 5.10 Å². The maximum atomic E-state index is 13.8. The van der Waals surface area contributed by atoms with E-state index in [4.69, 9.17) is 16.3 Å². The summed E-state index contributed by atoms with van der Waals surface area (Å²) in [5, 5.41) is 10.1. The van der Waals surface area contributed by atoms with Gasteiger partial charge in [0, 0.05) is 44.0 Å². The first-order valence-corrected chi connectivity index (χ1v) is 13.1. The number of alkyl halides is 3. The number of carbonyl (C=O) groups excluding carboxylic acids is 1. The second-order valence-corrected chi connectivity index (χ2v) is 9.66. The molecular weight excluding hydrogens is 565 g/mol. The van der Waals surface area contributed by atoms with Gasteiger partial charge in [-0.1, -0.05) is 18.5 Å².